The molecule has 0 fully saturated rings. The van der Waals surface area contributed by atoms with E-state index in [4.69, 9.17) is 23.2 Å². The summed E-state index contributed by atoms with van der Waals surface area (Å²) >= 11 is 14.8. The summed E-state index contributed by atoms with van der Waals surface area (Å²) in [5.41, 5.74) is 2.21. The quantitative estimate of drug-likeness (QED) is 0.191. The van der Waals surface area contributed by atoms with Crippen molar-refractivity contribution in [3.8, 4) is 11.1 Å². The lowest BCUT2D eigenvalue weighted by Gasteiger charge is -2.06. The molecule has 0 saturated carbocycles. The average Bonchev–Trinajstić information content (AvgIpc) is 3.11. The average molecular weight is 449 g/mol. The van der Waals surface area contributed by atoms with Crippen molar-refractivity contribution < 1.29 is 9.18 Å². The van der Waals surface area contributed by atoms with Crippen molar-refractivity contribution in [2.45, 2.75) is 5.03 Å². The number of thiophene rings is 1. The van der Waals surface area contributed by atoms with Crippen LogP contribution >= 0.6 is 46.3 Å². The minimum Gasteiger partial charge on any atom is -0.293 e. The van der Waals surface area contributed by atoms with E-state index in [0.717, 1.165) is 21.3 Å². The van der Waals surface area contributed by atoms with Gasteiger partial charge in [-0.25, -0.2) is 14.4 Å². The molecule has 140 valence electrons. The summed E-state index contributed by atoms with van der Waals surface area (Å²) in [4.78, 5) is 22.1. The first-order chi connectivity index (χ1) is 13.5. The van der Waals surface area contributed by atoms with E-state index in [9.17, 15) is 9.18 Å². The van der Waals surface area contributed by atoms with E-state index in [1.165, 1.54) is 41.6 Å². The van der Waals surface area contributed by atoms with E-state index in [1.807, 2.05) is 5.38 Å². The maximum absolute atomic E-state index is 13.3. The molecule has 8 heteroatoms. The Bertz CT molecular complexity index is 1180. The van der Waals surface area contributed by atoms with Gasteiger partial charge in [0.25, 0.3) is 0 Å². The highest BCUT2D eigenvalue weighted by Gasteiger charge is 2.16. The zero-order valence-corrected chi connectivity index (χ0v) is 17.3. The molecule has 0 atom stereocenters. The fourth-order valence-corrected chi connectivity index (χ4v) is 5.12. The number of Topliss-reactive ketones (excluding diaryl/α,β-unsaturated/α-hetero) is 1. The maximum atomic E-state index is 13.3. The first-order valence-corrected chi connectivity index (χ1v) is 10.7. The molecule has 0 bridgehead atoms. The largest absolute Gasteiger partial charge is 0.293 e. The number of hydrogen-bond donors (Lipinski definition) is 0. The number of rotatable bonds is 5. The van der Waals surface area contributed by atoms with Crippen LogP contribution in [0.4, 0.5) is 4.39 Å². The van der Waals surface area contributed by atoms with E-state index in [0.29, 0.717) is 20.6 Å². The van der Waals surface area contributed by atoms with Crippen LogP contribution in [0.15, 0.2) is 59.2 Å². The Morgan fingerprint density at radius 3 is 2.64 bits per heavy atom. The Morgan fingerprint density at radius 2 is 1.89 bits per heavy atom. The smallest absolute Gasteiger partial charge is 0.174 e. The SMILES string of the molecule is O=C(CSc1ncnc2scc(-c3ccc(F)cc3)c12)c1ccc(Cl)cc1Cl. The van der Waals surface area contributed by atoms with Crippen LogP contribution in [0.2, 0.25) is 10.0 Å². The van der Waals surface area contributed by atoms with Gasteiger partial charge in [-0.15, -0.1) is 11.3 Å². The van der Waals surface area contributed by atoms with Crippen LogP contribution in [0.3, 0.4) is 0 Å². The van der Waals surface area contributed by atoms with Crippen LogP contribution in [0, 0.1) is 5.82 Å². The number of aromatic nitrogens is 2. The van der Waals surface area contributed by atoms with Crippen molar-refractivity contribution in [3.63, 3.8) is 0 Å². The first kappa shape index (κ1) is 19.3. The predicted octanol–water partition coefficient (Wildman–Crippen LogP) is 6.78. The molecule has 0 spiro atoms. The van der Waals surface area contributed by atoms with Gasteiger partial charge < -0.3 is 0 Å². The van der Waals surface area contributed by atoms with E-state index in [2.05, 4.69) is 9.97 Å². The molecule has 0 amide bonds. The predicted molar refractivity (Wildman–Crippen MR) is 114 cm³/mol. The lowest BCUT2D eigenvalue weighted by atomic mass is 10.1. The number of hydrogen-bond acceptors (Lipinski definition) is 5. The van der Waals surface area contributed by atoms with Gasteiger partial charge in [0, 0.05) is 21.5 Å². The molecule has 2 aromatic carbocycles. The number of halogens is 3. The van der Waals surface area contributed by atoms with Crippen LogP contribution in [-0.2, 0) is 0 Å². The van der Waals surface area contributed by atoms with Gasteiger partial charge in [-0.2, -0.15) is 0 Å². The van der Waals surface area contributed by atoms with Gasteiger partial charge in [-0.1, -0.05) is 47.1 Å². The standard InChI is InChI=1S/C20H11Cl2FN2OS2/c21-12-3-6-14(16(22)7-12)17(26)9-28-20-18-15(8-27-19(18)24-10-25-20)11-1-4-13(23)5-2-11/h1-8,10H,9H2. The normalized spacial score (nSPS) is 11.1. The second kappa shape index (κ2) is 8.17. The number of thioether (sulfide) groups is 1. The van der Waals surface area contributed by atoms with Gasteiger partial charge in [-0.05, 0) is 35.9 Å². The van der Waals surface area contributed by atoms with Crippen LogP contribution in [0.25, 0.3) is 21.3 Å². The van der Waals surface area contributed by atoms with Crippen molar-refractivity contribution in [3.05, 3.63) is 75.6 Å². The molecule has 0 aliphatic heterocycles. The molecule has 0 unspecified atom stereocenters. The van der Waals surface area contributed by atoms with E-state index < -0.39 is 0 Å². The molecule has 3 nitrogen and oxygen atoms in total. The Morgan fingerprint density at radius 1 is 1.11 bits per heavy atom. The highest BCUT2D eigenvalue weighted by atomic mass is 35.5. The zero-order chi connectivity index (χ0) is 19.7. The third kappa shape index (κ3) is 3.91. The molecule has 0 saturated heterocycles. The van der Waals surface area contributed by atoms with Gasteiger partial charge in [0.1, 0.15) is 22.0 Å². The van der Waals surface area contributed by atoms with Gasteiger partial charge in [-0.3, -0.25) is 4.79 Å². The van der Waals surface area contributed by atoms with Crippen LogP contribution in [0.1, 0.15) is 10.4 Å². The Balaban J connectivity index is 1.64. The second-order valence-corrected chi connectivity index (χ2v) is 8.52. The van der Waals surface area contributed by atoms with E-state index in [1.54, 1.807) is 30.3 Å². The molecular weight excluding hydrogens is 438 g/mol. The molecule has 4 rings (SSSR count). The zero-order valence-electron chi connectivity index (χ0n) is 14.2. The van der Waals surface area contributed by atoms with Gasteiger partial charge in [0.15, 0.2) is 5.78 Å². The summed E-state index contributed by atoms with van der Waals surface area (Å²) in [6.07, 6.45) is 1.48. The molecular formula is C20H11Cl2FN2OS2. The minimum absolute atomic E-state index is 0.114. The molecule has 0 N–H and O–H groups in total. The summed E-state index contributed by atoms with van der Waals surface area (Å²) in [7, 11) is 0. The number of fused-ring (bicyclic) bond motifs is 1. The van der Waals surface area contributed by atoms with Crippen LogP contribution in [0.5, 0.6) is 0 Å². The van der Waals surface area contributed by atoms with Gasteiger partial charge in [0.05, 0.1) is 16.2 Å². The third-order valence-corrected chi connectivity index (χ3v) is 6.49. The van der Waals surface area contributed by atoms with Crippen molar-refractivity contribution in [2.24, 2.45) is 0 Å². The fourth-order valence-electron chi connectivity index (χ4n) is 2.73. The number of nitrogens with zero attached hydrogens (tertiary/aromatic N) is 2. The summed E-state index contributed by atoms with van der Waals surface area (Å²) in [6.45, 7) is 0. The topological polar surface area (TPSA) is 42.9 Å². The van der Waals surface area contributed by atoms with Crippen LogP contribution in [-0.4, -0.2) is 21.5 Å². The Hall–Kier alpha value is -1.99. The first-order valence-electron chi connectivity index (χ1n) is 8.12. The molecule has 0 radical (unpaired) electrons. The van der Waals surface area contributed by atoms with Crippen molar-refractivity contribution in [1.82, 2.24) is 9.97 Å². The number of ketones is 1. The summed E-state index contributed by atoms with van der Waals surface area (Å²) in [5.74, 6) is -0.233. The minimum atomic E-state index is -0.292. The van der Waals surface area contributed by atoms with E-state index >= 15 is 0 Å². The molecule has 2 aromatic heterocycles. The maximum Gasteiger partial charge on any atom is 0.174 e. The third-order valence-electron chi connectivity index (χ3n) is 4.06. The summed E-state index contributed by atoms with van der Waals surface area (Å²) in [5, 5.41) is 4.33. The monoisotopic (exact) mass is 448 g/mol. The second-order valence-electron chi connectivity index (χ2n) is 5.85. The van der Waals surface area contributed by atoms with Crippen LogP contribution < -0.4 is 0 Å². The molecule has 0 aliphatic rings. The fraction of sp³-hybridized carbons (Fsp3) is 0.0500. The summed E-state index contributed by atoms with van der Waals surface area (Å²) in [6, 6.07) is 11.1. The number of carbonyl (C=O) groups excluding carboxylic acids is 1. The van der Waals surface area contributed by atoms with E-state index in [-0.39, 0.29) is 17.4 Å². The molecule has 4 aromatic rings. The summed E-state index contributed by atoms with van der Waals surface area (Å²) < 4.78 is 13.3. The van der Waals surface area contributed by atoms with Gasteiger partial charge >= 0.3 is 0 Å². The lowest BCUT2D eigenvalue weighted by molar-refractivity contribution is 0.102. The number of benzene rings is 2. The highest BCUT2D eigenvalue weighted by molar-refractivity contribution is 8.00. The molecule has 2 heterocycles. The molecule has 0 aliphatic carbocycles. The van der Waals surface area contributed by atoms with Crippen molar-refractivity contribution >= 4 is 62.3 Å². The van der Waals surface area contributed by atoms with Gasteiger partial charge in [0.2, 0.25) is 0 Å². The number of carbonyl (C=O) groups is 1. The Kier molecular flexibility index (Phi) is 5.64. The van der Waals surface area contributed by atoms with Crippen molar-refractivity contribution in [1.29, 1.82) is 0 Å². The van der Waals surface area contributed by atoms with Crippen molar-refractivity contribution in [2.75, 3.05) is 5.75 Å². The Labute approximate surface area is 178 Å². The highest BCUT2D eigenvalue weighted by Crippen LogP contribution is 2.38. The lowest BCUT2D eigenvalue weighted by Crippen LogP contribution is -2.03. The molecule has 28 heavy (non-hydrogen) atoms.